The second-order valence-corrected chi connectivity index (χ2v) is 5.94. The Morgan fingerprint density at radius 1 is 1.00 bits per heavy atom. The Kier molecular flexibility index (Phi) is 6.24. The summed E-state index contributed by atoms with van der Waals surface area (Å²) in [6.07, 6.45) is 0. The largest absolute Gasteiger partial charge is 0.376 e. The van der Waals surface area contributed by atoms with Crippen molar-refractivity contribution in [3.8, 4) is 0 Å². The maximum Gasteiger partial charge on any atom is 0.243 e. The molecule has 24 heavy (non-hydrogen) atoms. The lowest BCUT2D eigenvalue weighted by molar-refractivity contribution is -0.114. The number of nitrogens with zero attached hydrogens (tertiary/aromatic N) is 1. The molecule has 2 N–H and O–H groups in total. The molecule has 0 atom stereocenters. The van der Waals surface area contributed by atoms with E-state index in [4.69, 9.17) is 0 Å². The van der Waals surface area contributed by atoms with E-state index >= 15 is 0 Å². The van der Waals surface area contributed by atoms with Crippen molar-refractivity contribution in [3.63, 3.8) is 0 Å². The minimum Gasteiger partial charge on any atom is -0.376 e. The smallest absolute Gasteiger partial charge is 0.243 e. The number of nitrogens with one attached hydrogen (secondary N) is 2. The molecule has 0 saturated heterocycles. The van der Waals surface area contributed by atoms with Crippen molar-refractivity contribution < 1.29 is 4.79 Å². The predicted octanol–water partition coefficient (Wildman–Crippen LogP) is 4.20. The average Bonchev–Trinajstić information content (AvgIpc) is 2.56. The highest BCUT2D eigenvalue weighted by Gasteiger charge is 2.05. The summed E-state index contributed by atoms with van der Waals surface area (Å²) in [7, 11) is 0. The number of carbonyl (C=O) groups is 1. The molecule has 0 heterocycles. The van der Waals surface area contributed by atoms with Gasteiger partial charge in [-0.3, -0.25) is 4.79 Å². The quantitative estimate of drug-likeness (QED) is 0.802. The normalized spacial score (nSPS) is 10.3. The SMILES string of the molecule is CCN(CC)c1ccc(NC(=O)CNc2ccc(C)cc2C)cc1. The third-order valence-corrected chi connectivity index (χ3v) is 4.10. The van der Waals surface area contributed by atoms with Crippen molar-refractivity contribution in [2.24, 2.45) is 0 Å². The lowest BCUT2D eigenvalue weighted by Gasteiger charge is -2.21. The fourth-order valence-electron chi connectivity index (χ4n) is 2.74. The van der Waals surface area contributed by atoms with Crippen molar-refractivity contribution in [2.45, 2.75) is 27.7 Å². The van der Waals surface area contributed by atoms with Gasteiger partial charge in [0.2, 0.25) is 5.91 Å². The second-order valence-electron chi connectivity index (χ2n) is 5.94. The molecular weight excluding hydrogens is 298 g/mol. The summed E-state index contributed by atoms with van der Waals surface area (Å²) < 4.78 is 0. The molecule has 2 aromatic rings. The van der Waals surface area contributed by atoms with Gasteiger partial charge in [-0.05, 0) is 63.6 Å². The van der Waals surface area contributed by atoms with E-state index in [0.717, 1.165) is 30.0 Å². The van der Waals surface area contributed by atoms with Crippen molar-refractivity contribution >= 4 is 23.0 Å². The van der Waals surface area contributed by atoms with E-state index in [-0.39, 0.29) is 12.5 Å². The molecule has 2 aromatic carbocycles. The molecule has 0 aromatic heterocycles. The number of carbonyl (C=O) groups excluding carboxylic acids is 1. The lowest BCUT2D eigenvalue weighted by Crippen LogP contribution is -2.23. The van der Waals surface area contributed by atoms with Gasteiger partial charge in [-0.25, -0.2) is 0 Å². The first-order valence-corrected chi connectivity index (χ1v) is 8.49. The van der Waals surface area contributed by atoms with Crippen LogP contribution in [-0.2, 0) is 4.79 Å². The molecule has 0 fully saturated rings. The van der Waals surface area contributed by atoms with Gasteiger partial charge >= 0.3 is 0 Å². The van der Waals surface area contributed by atoms with E-state index in [0.29, 0.717) is 0 Å². The Bertz CT molecular complexity index is 676. The second kappa shape index (κ2) is 8.39. The molecule has 4 heteroatoms. The van der Waals surface area contributed by atoms with E-state index in [1.807, 2.05) is 43.3 Å². The molecule has 0 spiro atoms. The highest BCUT2D eigenvalue weighted by Crippen LogP contribution is 2.18. The predicted molar refractivity (Wildman–Crippen MR) is 103 cm³/mol. The van der Waals surface area contributed by atoms with Gasteiger partial charge in [0, 0.05) is 30.2 Å². The number of anilines is 3. The van der Waals surface area contributed by atoms with Crippen molar-refractivity contribution in [1.82, 2.24) is 0 Å². The Labute approximate surface area is 144 Å². The van der Waals surface area contributed by atoms with E-state index < -0.39 is 0 Å². The van der Waals surface area contributed by atoms with Crippen LogP contribution in [-0.4, -0.2) is 25.5 Å². The van der Waals surface area contributed by atoms with Gasteiger partial charge in [-0.1, -0.05) is 17.7 Å². The van der Waals surface area contributed by atoms with Crippen molar-refractivity contribution in [1.29, 1.82) is 0 Å². The van der Waals surface area contributed by atoms with Crippen LogP contribution in [0.5, 0.6) is 0 Å². The summed E-state index contributed by atoms with van der Waals surface area (Å²) in [4.78, 5) is 14.4. The number of amides is 1. The topological polar surface area (TPSA) is 44.4 Å². The summed E-state index contributed by atoms with van der Waals surface area (Å²) in [5.74, 6) is -0.0504. The number of rotatable bonds is 7. The molecule has 128 valence electrons. The zero-order valence-corrected chi connectivity index (χ0v) is 15.0. The minimum atomic E-state index is -0.0504. The van der Waals surface area contributed by atoms with Crippen molar-refractivity contribution in [2.75, 3.05) is 35.2 Å². The van der Waals surface area contributed by atoms with Crippen LogP contribution in [0.2, 0.25) is 0 Å². The Hall–Kier alpha value is -2.49. The average molecular weight is 325 g/mol. The van der Waals surface area contributed by atoms with Gasteiger partial charge in [-0.15, -0.1) is 0 Å². The summed E-state index contributed by atoms with van der Waals surface area (Å²) in [5, 5.41) is 6.11. The van der Waals surface area contributed by atoms with Gasteiger partial charge < -0.3 is 15.5 Å². The molecule has 0 aliphatic carbocycles. The standard InChI is InChI=1S/C20H27N3O/c1-5-23(6-2)18-10-8-17(9-11-18)22-20(24)14-21-19-12-7-15(3)13-16(19)4/h7-13,21H,5-6,14H2,1-4H3,(H,22,24). The van der Waals surface area contributed by atoms with Crippen LogP contribution in [0.25, 0.3) is 0 Å². The third-order valence-electron chi connectivity index (χ3n) is 4.10. The summed E-state index contributed by atoms with van der Waals surface area (Å²) in [6.45, 7) is 10.6. The van der Waals surface area contributed by atoms with Crippen LogP contribution in [0.15, 0.2) is 42.5 Å². The maximum absolute atomic E-state index is 12.1. The van der Waals surface area contributed by atoms with E-state index in [9.17, 15) is 4.79 Å². The Morgan fingerprint density at radius 3 is 2.25 bits per heavy atom. The summed E-state index contributed by atoms with van der Waals surface area (Å²) in [5.41, 5.74) is 5.35. The fourth-order valence-corrected chi connectivity index (χ4v) is 2.74. The molecule has 0 saturated carbocycles. The van der Waals surface area contributed by atoms with Crippen LogP contribution in [0.4, 0.5) is 17.1 Å². The van der Waals surface area contributed by atoms with Crippen LogP contribution < -0.4 is 15.5 Å². The molecular formula is C20H27N3O. The summed E-state index contributed by atoms with van der Waals surface area (Å²) in [6, 6.07) is 14.1. The molecule has 1 amide bonds. The van der Waals surface area contributed by atoms with Gasteiger partial charge in [0.1, 0.15) is 0 Å². The first kappa shape index (κ1) is 17.9. The summed E-state index contributed by atoms with van der Waals surface area (Å²) >= 11 is 0. The molecule has 2 rings (SSSR count). The van der Waals surface area contributed by atoms with Gasteiger partial charge in [0.05, 0.1) is 6.54 Å². The minimum absolute atomic E-state index is 0.0504. The monoisotopic (exact) mass is 325 g/mol. The molecule has 0 unspecified atom stereocenters. The number of hydrogen-bond donors (Lipinski definition) is 2. The number of aryl methyl sites for hydroxylation is 2. The molecule has 0 aliphatic heterocycles. The zero-order chi connectivity index (χ0) is 17.5. The third kappa shape index (κ3) is 4.75. The van der Waals surface area contributed by atoms with Crippen LogP contribution in [0, 0.1) is 13.8 Å². The number of benzene rings is 2. The zero-order valence-electron chi connectivity index (χ0n) is 15.0. The Balaban J connectivity index is 1.90. The van der Waals surface area contributed by atoms with Crippen molar-refractivity contribution in [3.05, 3.63) is 53.6 Å². The van der Waals surface area contributed by atoms with Crippen LogP contribution in [0.3, 0.4) is 0 Å². The molecule has 0 bridgehead atoms. The highest BCUT2D eigenvalue weighted by molar-refractivity contribution is 5.94. The fraction of sp³-hybridized carbons (Fsp3) is 0.350. The van der Waals surface area contributed by atoms with Crippen LogP contribution in [0.1, 0.15) is 25.0 Å². The highest BCUT2D eigenvalue weighted by atomic mass is 16.1. The first-order valence-electron chi connectivity index (χ1n) is 8.49. The van der Waals surface area contributed by atoms with E-state index in [2.05, 4.69) is 42.4 Å². The first-order chi connectivity index (χ1) is 11.5. The lowest BCUT2D eigenvalue weighted by atomic mass is 10.1. The van der Waals surface area contributed by atoms with E-state index in [1.165, 1.54) is 11.3 Å². The van der Waals surface area contributed by atoms with Gasteiger partial charge in [0.15, 0.2) is 0 Å². The molecule has 0 radical (unpaired) electrons. The van der Waals surface area contributed by atoms with Crippen LogP contribution >= 0.6 is 0 Å². The van der Waals surface area contributed by atoms with Gasteiger partial charge in [-0.2, -0.15) is 0 Å². The molecule has 4 nitrogen and oxygen atoms in total. The van der Waals surface area contributed by atoms with Gasteiger partial charge in [0.25, 0.3) is 0 Å². The van der Waals surface area contributed by atoms with E-state index in [1.54, 1.807) is 0 Å². The number of hydrogen-bond acceptors (Lipinski definition) is 3. The molecule has 0 aliphatic rings. The Morgan fingerprint density at radius 2 is 1.67 bits per heavy atom. The maximum atomic E-state index is 12.1.